The maximum atomic E-state index is 12.0. The normalized spacial score (nSPS) is 22.2. The second kappa shape index (κ2) is 8.90. The molecule has 5 nitrogen and oxygen atoms in total. The summed E-state index contributed by atoms with van der Waals surface area (Å²) in [7, 11) is 0. The van der Waals surface area contributed by atoms with E-state index >= 15 is 0 Å². The Balaban J connectivity index is 2.64. The first-order valence-electron chi connectivity index (χ1n) is 8.19. The lowest BCUT2D eigenvalue weighted by molar-refractivity contribution is -0.125. The zero-order valence-electron chi connectivity index (χ0n) is 13.9. The van der Waals surface area contributed by atoms with Gasteiger partial charge < -0.3 is 15.0 Å². The van der Waals surface area contributed by atoms with E-state index in [1.165, 1.54) is 0 Å². The SMILES string of the molecule is CCCCC1CC(NC(=O)C(C)C)CN(C(=O)OCC)C1. The molecule has 1 rings (SSSR count). The van der Waals surface area contributed by atoms with Gasteiger partial charge in [-0.2, -0.15) is 0 Å². The topological polar surface area (TPSA) is 58.6 Å². The number of piperidine rings is 1. The third-order valence-electron chi connectivity index (χ3n) is 3.90. The van der Waals surface area contributed by atoms with Crippen LogP contribution in [0.5, 0.6) is 0 Å². The Morgan fingerprint density at radius 1 is 1.29 bits per heavy atom. The van der Waals surface area contributed by atoms with E-state index in [4.69, 9.17) is 4.74 Å². The van der Waals surface area contributed by atoms with Crippen LogP contribution in [0.3, 0.4) is 0 Å². The van der Waals surface area contributed by atoms with Crippen LogP contribution in [0.15, 0.2) is 0 Å². The molecule has 0 saturated carbocycles. The first-order valence-corrected chi connectivity index (χ1v) is 8.19. The first-order chi connectivity index (χ1) is 9.97. The number of unbranched alkanes of at least 4 members (excludes halogenated alkanes) is 1. The summed E-state index contributed by atoms with van der Waals surface area (Å²) < 4.78 is 5.11. The van der Waals surface area contributed by atoms with Crippen LogP contribution in [0.1, 0.15) is 53.4 Å². The minimum Gasteiger partial charge on any atom is -0.450 e. The predicted octanol–water partition coefficient (Wildman–Crippen LogP) is 2.80. The summed E-state index contributed by atoms with van der Waals surface area (Å²) in [6.07, 6.45) is 4.10. The Labute approximate surface area is 128 Å². The van der Waals surface area contributed by atoms with Gasteiger partial charge in [0.15, 0.2) is 0 Å². The van der Waals surface area contributed by atoms with E-state index in [0.29, 0.717) is 19.1 Å². The van der Waals surface area contributed by atoms with E-state index in [9.17, 15) is 9.59 Å². The van der Waals surface area contributed by atoms with Crippen molar-refractivity contribution in [3.05, 3.63) is 0 Å². The van der Waals surface area contributed by atoms with Crippen LogP contribution in [0.2, 0.25) is 0 Å². The van der Waals surface area contributed by atoms with Gasteiger partial charge in [-0.25, -0.2) is 4.79 Å². The number of hydrogen-bond donors (Lipinski definition) is 1. The molecule has 1 aliphatic heterocycles. The highest BCUT2D eigenvalue weighted by molar-refractivity contribution is 5.78. The highest BCUT2D eigenvalue weighted by atomic mass is 16.6. The molecule has 2 unspecified atom stereocenters. The molecule has 5 heteroatoms. The van der Waals surface area contributed by atoms with Crippen LogP contribution in [0, 0.1) is 11.8 Å². The summed E-state index contributed by atoms with van der Waals surface area (Å²) >= 11 is 0. The van der Waals surface area contributed by atoms with Crippen LogP contribution < -0.4 is 5.32 Å². The van der Waals surface area contributed by atoms with Gasteiger partial charge in [0.1, 0.15) is 0 Å². The molecule has 1 saturated heterocycles. The molecular formula is C16H30N2O3. The van der Waals surface area contributed by atoms with Gasteiger partial charge in [-0.05, 0) is 25.7 Å². The van der Waals surface area contributed by atoms with Gasteiger partial charge in [0.2, 0.25) is 5.91 Å². The number of ether oxygens (including phenoxy) is 1. The lowest BCUT2D eigenvalue weighted by Crippen LogP contribution is -2.53. The van der Waals surface area contributed by atoms with Crippen molar-refractivity contribution in [2.75, 3.05) is 19.7 Å². The molecule has 1 aliphatic rings. The molecule has 0 bridgehead atoms. The zero-order valence-corrected chi connectivity index (χ0v) is 13.9. The second-order valence-corrected chi connectivity index (χ2v) is 6.21. The van der Waals surface area contributed by atoms with Crippen molar-refractivity contribution in [1.82, 2.24) is 10.2 Å². The molecule has 0 aliphatic carbocycles. The van der Waals surface area contributed by atoms with Crippen molar-refractivity contribution in [1.29, 1.82) is 0 Å². The van der Waals surface area contributed by atoms with Gasteiger partial charge in [0.05, 0.1) is 6.61 Å². The van der Waals surface area contributed by atoms with Crippen LogP contribution in [0.25, 0.3) is 0 Å². The summed E-state index contributed by atoms with van der Waals surface area (Å²) in [6.45, 7) is 9.44. The third kappa shape index (κ3) is 5.94. The average Bonchev–Trinajstić information content (AvgIpc) is 2.45. The van der Waals surface area contributed by atoms with Crippen molar-refractivity contribution in [3.63, 3.8) is 0 Å². The maximum absolute atomic E-state index is 12.0. The van der Waals surface area contributed by atoms with E-state index in [1.807, 2.05) is 20.8 Å². The molecule has 122 valence electrons. The number of hydrogen-bond acceptors (Lipinski definition) is 3. The van der Waals surface area contributed by atoms with E-state index in [-0.39, 0.29) is 24.0 Å². The maximum Gasteiger partial charge on any atom is 0.409 e. The monoisotopic (exact) mass is 298 g/mol. The lowest BCUT2D eigenvalue weighted by Gasteiger charge is -2.37. The van der Waals surface area contributed by atoms with E-state index in [1.54, 1.807) is 4.90 Å². The number of rotatable bonds is 6. The largest absolute Gasteiger partial charge is 0.450 e. The number of nitrogens with one attached hydrogen (secondary N) is 1. The summed E-state index contributed by atoms with van der Waals surface area (Å²) in [6, 6.07) is 0.0416. The third-order valence-corrected chi connectivity index (χ3v) is 3.90. The Kier molecular flexibility index (Phi) is 7.54. The van der Waals surface area contributed by atoms with Crippen molar-refractivity contribution >= 4 is 12.0 Å². The summed E-state index contributed by atoms with van der Waals surface area (Å²) in [4.78, 5) is 25.6. The molecule has 2 atom stereocenters. The summed E-state index contributed by atoms with van der Waals surface area (Å²) in [5, 5.41) is 3.06. The number of amides is 2. The molecule has 1 heterocycles. The first kappa shape index (κ1) is 17.8. The van der Waals surface area contributed by atoms with Gasteiger partial charge in [-0.3, -0.25) is 4.79 Å². The van der Waals surface area contributed by atoms with Crippen molar-refractivity contribution in [3.8, 4) is 0 Å². The van der Waals surface area contributed by atoms with Gasteiger partial charge in [-0.1, -0.05) is 33.6 Å². The number of carbonyl (C=O) groups excluding carboxylic acids is 2. The number of nitrogens with zero attached hydrogens (tertiary/aromatic N) is 1. The smallest absolute Gasteiger partial charge is 0.409 e. The molecule has 0 aromatic heterocycles. The van der Waals surface area contributed by atoms with Gasteiger partial charge in [-0.15, -0.1) is 0 Å². The number of likely N-dealkylation sites (tertiary alicyclic amines) is 1. The Morgan fingerprint density at radius 2 is 2.00 bits per heavy atom. The standard InChI is InChI=1S/C16H30N2O3/c1-5-7-8-13-9-14(17-15(19)12(3)4)11-18(10-13)16(20)21-6-2/h12-14H,5-11H2,1-4H3,(H,17,19). The van der Waals surface area contributed by atoms with Crippen LogP contribution >= 0.6 is 0 Å². The molecule has 0 radical (unpaired) electrons. The summed E-state index contributed by atoms with van der Waals surface area (Å²) in [5.41, 5.74) is 0. The van der Waals surface area contributed by atoms with Crippen molar-refractivity contribution in [2.24, 2.45) is 11.8 Å². The van der Waals surface area contributed by atoms with Gasteiger partial charge in [0.25, 0.3) is 0 Å². The minimum absolute atomic E-state index is 0.0305. The number of carbonyl (C=O) groups is 2. The average molecular weight is 298 g/mol. The molecule has 1 fully saturated rings. The summed E-state index contributed by atoms with van der Waals surface area (Å²) in [5.74, 6) is 0.470. The van der Waals surface area contributed by atoms with Crippen LogP contribution in [-0.4, -0.2) is 42.6 Å². The molecule has 0 aromatic rings. The predicted molar refractivity (Wildman–Crippen MR) is 83.0 cm³/mol. The minimum atomic E-state index is -0.262. The van der Waals surface area contributed by atoms with E-state index < -0.39 is 0 Å². The van der Waals surface area contributed by atoms with Crippen molar-refractivity contribution in [2.45, 2.75) is 59.4 Å². The van der Waals surface area contributed by atoms with E-state index in [0.717, 1.165) is 32.2 Å². The molecule has 1 N–H and O–H groups in total. The van der Waals surface area contributed by atoms with Gasteiger partial charge >= 0.3 is 6.09 Å². The lowest BCUT2D eigenvalue weighted by atomic mass is 9.90. The molecule has 0 aromatic carbocycles. The van der Waals surface area contributed by atoms with E-state index in [2.05, 4.69) is 12.2 Å². The Bertz CT molecular complexity index is 344. The highest BCUT2D eigenvalue weighted by Crippen LogP contribution is 2.23. The Morgan fingerprint density at radius 3 is 2.57 bits per heavy atom. The molecule has 2 amide bonds. The van der Waals surface area contributed by atoms with Crippen LogP contribution in [0.4, 0.5) is 4.79 Å². The van der Waals surface area contributed by atoms with Crippen LogP contribution in [-0.2, 0) is 9.53 Å². The highest BCUT2D eigenvalue weighted by Gasteiger charge is 2.31. The fraction of sp³-hybridized carbons (Fsp3) is 0.875. The molecular weight excluding hydrogens is 268 g/mol. The van der Waals surface area contributed by atoms with Gasteiger partial charge in [0, 0.05) is 25.0 Å². The fourth-order valence-electron chi connectivity index (χ4n) is 2.74. The quantitative estimate of drug-likeness (QED) is 0.820. The fourth-order valence-corrected chi connectivity index (χ4v) is 2.74. The zero-order chi connectivity index (χ0) is 15.8. The molecule has 21 heavy (non-hydrogen) atoms. The van der Waals surface area contributed by atoms with Crippen molar-refractivity contribution < 1.29 is 14.3 Å². The molecule has 0 spiro atoms. The Hall–Kier alpha value is -1.26. The second-order valence-electron chi connectivity index (χ2n) is 6.21.